The zero-order chi connectivity index (χ0) is 13.1. The summed E-state index contributed by atoms with van der Waals surface area (Å²) in [6.45, 7) is 2.74. The first-order chi connectivity index (χ1) is 8.65. The van der Waals surface area contributed by atoms with Crippen molar-refractivity contribution < 1.29 is 9.18 Å². The number of rotatable bonds is 2. The molecule has 0 bridgehead atoms. The molecule has 2 N–H and O–H groups in total. The number of carbonyl (C=O) groups excluding carboxylic acids is 1. The Bertz CT molecular complexity index is 450. The van der Waals surface area contributed by atoms with E-state index in [4.69, 9.17) is 5.73 Å². The maximum atomic E-state index is 13.8. The molecule has 1 aliphatic heterocycles. The van der Waals surface area contributed by atoms with Crippen LogP contribution in [0.1, 0.15) is 43.0 Å². The molecule has 98 valence electrons. The minimum Gasteiger partial charge on any atom is -0.381 e. The quantitative estimate of drug-likeness (QED) is 0.876. The first-order valence-corrected chi connectivity index (χ1v) is 6.36. The van der Waals surface area contributed by atoms with Crippen LogP contribution < -0.4 is 5.73 Å². The largest absolute Gasteiger partial charge is 0.381 e. The molecule has 1 unspecified atom stereocenters. The van der Waals surface area contributed by atoms with Crippen molar-refractivity contribution >= 4 is 11.7 Å². The van der Waals surface area contributed by atoms with Gasteiger partial charge in [0.25, 0.3) is 5.91 Å². The Morgan fingerprint density at radius 2 is 2.39 bits per heavy atom. The normalized spacial score (nSPS) is 19.9. The third-order valence-corrected chi connectivity index (χ3v) is 3.51. The van der Waals surface area contributed by atoms with Crippen molar-refractivity contribution in [2.45, 2.75) is 38.6 Å². The number of likely N-dealkylation sites (tertiary alicyclic amines) is 1. The summed E-state index contributed by atoms with van der Waals surface area (Å²) < 4.78 is 13.8. The predicted molar refractivity (Wildman–Crippen MR) is 67.6 cm³/mol. The second kappa shape index (κ2) is 5.33. The fraction of sp³-hybridized carbons (Fsp3) is 0.538. The van der Waals surface area contributed by atoms with Crippen LogP contribution in [0, 0.1) is 5.82 Å². The van der Waals surface area contributed by atoms with Crippen molar-refractivity contribution in [1.29, 1.82) is 0 Å². The van der Waals surface area contributed by atoms with Crippen LogP contribution >= 0.6 is 0 Å². The SMILES string of the molecule is CCC1CCCCN1C(=O)c1ccnc(N)c1F. The van der Waals surface area contributed by atoms with Crippen LogP contribution in [0.2, 0.25) is 0 Å². The third kappa shape index (κ3) is 2.30. The van der Waals surface area contributed by atoms with E-state index in [9.17, 15) is 9.18 Å². The molecular formula is C13H18FN3O. The number of piperidine rings is 1. The highest BCUT2D eigenvalue weighted by Crippen LogP contribution is 2.23. The molecule has 1 amide bonds. The van der Waals surface area contributed by atoms with E-state index in [2.05, 4.69) is 4.98 Å². The lowest BCUT2D eigenvalue weighted by atomic mass is 9.99. The van der Waals surface area contributed by atoms with E-state index < -0.39 is 5.82 Å². The second-order valence-corrected chi connectivity index (χ2v) is 4.61. The van der Waals surface area contributed by atoms with Crippen molar-refractivity contribution in [1.82, 2.24) is 9.88 Å². The number of nitrogens with zero attached hydrogens (tertiary/aromatic N) is 2. The Morgan fingerprint density at radius 3 is 3.11 bits per heavy atom. The predicted octanol–water partition coefficient (Wildman–Crippen LogP) is 2.21. The van der Waals surface area contributed by atoms with Gasteiger partial charge in [0.1, 0.15) is 0 Å². The molecule has 4 nitrogen and oxygen atoms in total. The molecule has 1 saturated heterocycles. The minimum atomic E-state index is -0.706. The molecule has 2 heterocycles. The van der Waals surface area contributed by atoms with Gasteiger partial charge in [-0.15, -0.1) is 0 Å². The van der Waals surface area contributed by atoms with Gasteiger partial charge in [-0.2, -0.15) is 0 Å². The lowest BCUT2D eigenvalue weighted by Crippen LogP contribution is -2.43. The summed E-state index contributed by atoms with van der Waals surface area (Å²) in [5, 5.41) is 0. The zero-order valence-electron chi connectivity index (χ0n) is 10.5. The van der Waals surface area contributed by atoms with Gasteiger partial charge >= 0.3 is 0 Å². The smallest absolute Gasteiger partial charge is 0.257 e. The van der Waals surface area contributed by atoms with Gasteiger partial charge in [0.2, 0.25) is 0 Å². The summed E-state index contributed by atoms with van der Waals surface area (Å²) in [4.78, 5) is 17.7. The van der Waals surface area contributed by atoms with Gasteiger partial charge in [-0.25, -0.2) is 9.37 Å². The van der Waals surface area contributed by atoms with Crippen molar-refractivity contribution in [2.75, 3.05) is 12.3 Å². The van der Waals surface area contributed by atoms with Gasteiger partial charge in [0, 0.05) is 18.8 Å². The summed E-state index contributed by atoms with van der Waals surface area (Å²) in [6, 6.07) is 1.61. The number of nitrogen functional groups attached to an aromatic ring is 1. The van der Waals surface area contributed by atoms with E-state index in [1.54, 1.807) is 4.90 Å². The van der Waals surface area contributed by atoms with Crippen molar-refractivity contribution in [3.05, 3.63) is 23.6 Å². The molecule has 1 fully saturated rings. The Labute approximate surface area is 106 Å². The molecule has 5 heteroatoms. The number of aromatic nitrogens is 1. The molecule has 0 aliphatic carbocycles. The molecule has 0 saturated carbocycles. The van der Waals surface area contributed by atoms with Gasteiger partial charge in [-0.05, 0) is 31.7 Å². The van der Waals surface area contributed by atoms with Gasteiger partial charge in [0.15, 0.2) is 11.6 Å². The van der Waals surface area contributed by atoms with Crippen molar-refractivity contribution in [2.24, 2.45) is 0 Å². The second-order valence-electron chi connectivity index (χ2n) is 4.61. The summed E-state index contributed by atoms with van der Waals surface area (Å²) >= 11 is 0. The summed E-state index contributed by atoms with van der Waals surface area (Å²) in [6.07, 6.45) is 5.36. The van der Waals surface area contributed by atoms with E-state index in [-0.39, 0.29) is 23.3 Å². The van der Waals surface area contributed by atoms with Crippen LogP contribution in [0.25, 0.3) is 0 Å². The summed E-state index contributed by atoms with van der Waals surface area (Å²) in [5.41, 5.74) is 5.43. The maximum Gasteiger partial charge on any atom is 0.257 e. The molecule has 1 aromatic heterocycles. The first kappa shape index (κ1) is 12.8. The minimum absolute atomic E-state index is 0.0304. The Balaban J connectivity index is 2.27. The van der Waals surface area contributed by atoms with Gasteiger partial charge < -0.3 is 10.6 Å². The highest BCUT2D eigenvalue weighted by Gasteiger charge is 2.28. The highest BCUT2D eigenvalue weighted by atomic mass is 19.1. The molecular weight excluding hydrogens is 233 g/mol. The lowest BCUT2D eigenvalue weighted by molar-refractivity contribution is 0.0603. The van der Waals surface area contributed by atoms with Crippen LogP contribution in [0.15, 0.2) is 12.3 Å². The molecule has 0 radical (unpaired) electrons. The molecule has 0 spiro atoms. The van der Waals surface area contributed by atoms with E-state index in [1.165, 1.54) is 12.3 Å². The van der Waals surface area contributed by atoms with E-state index >= 15 is 0 Å². The average molecular weight is 251 g/mol. The Hall–Kier alpha value is -1.65. The van der Waals surface area contributed by atoms with Gasteiger partial charge in [-0.3, -0.25) is 4.79 Å². The maximum absolute atomic E-state index is 13.8. The number of hydrogen-bond donors (Lipinski definition) is 1. The molecule has 1 atom stereocenters. The number of anilines is 1. The van der Waals surface area contributed by atoms with E-state index in [0.29, 0.717) is 6.54 Å². The van der Waals surface area contributed by atoms with Gasteiger partial charge in [-0.1, -0.05) is 6.92 Å². The van der Waals surface area contributed by atoms with Crippen LogP contribution in [-0.2, 0) is 0 Å². The lowest BCUT2D eigenvalue weighted by Gasteiger charge is -2.35. The molecule has 18 heavy (non-hydrogen) atoms. The average Bonchev–Trinajstić information content (AvgIpc) is 2.41. The zero-order valence-corrected chi connectivity index (χ0v) is 10.5. The Kier molecular flexibility index (Phi) is 3.79. The van der Waals surface area contributed by atoms with Crippen LogP contribution in [0.4, 0.5) is 10.2 Å². The van der Waals surface area contributed by atoms with E-state index in [1.807, 2.05) is 6.92 Å². The highest BCUT2D eigenvalue weighted by molar-refractivity contribution is 5.95. The topological polar surface area (TPSA) is 59.2 Å². The van der Waals surface area contributed by atoms with Crippen molar-refractivity contribution in [3.8, 4) is 0 Å². The standard InChI is InChI=1S/C13H18FN3O/c1-2-9-5-3-4-8-17(9)13(18)10-6-7-16-12(15)11(10)14/h6-7,9H,2-5,8H2,1H3,(H2,15,16). The van der Waals surface area contributed by atoms with Crippen LogP contribution in [0.5, 0.6) is 0 Å². The number of halogens is 1. The molecule has 1 aliphatic rings. The van der Waals surface area contributed by atoms with Crippen molar-refractivity contribution in [3.63, 3.8) is 0 Å². The number of nitrogens with two attached hydrogens (primary N) is 1. The third-order valence-electron chi connectivity index (χ3n) is 3.51. The van der Waals surface area contributed by atoms with E-state index in [0.717, 1.165) is 25.7 Å². The molecule has 1 aromatic rings. The van der Waals surface area contributed by atoms with Crippen LogP contribution in [0.3, 0.4) is 0 Å². The number of amides is 1. The fourth-order valence-corrected chi connectivity index (χ4v) is 2.47. The number of hydrogen-bond acceptors (Lipinski definition) is 3. The Morgan fingerprint density at radius 1 is 1.61 bits per heavy atom. The monoisotopic (exact) mass is 251 g/mol. The first-order valence-electron chi connectivity index (χ1n) is 6.36. The summed E-state index contributed by atoms with van der Waals surface area (Å²) in [7, 11) is 0. The number of carbonyl (C=O) groups is 1. The fourth-order valence-electron chi connectivity index (χ4n) is 2.47. The molecule has 0 aromatic carbocycles. The van der Waals surface area contributed by atoms with Gasteiger partial charge in [0.05, 0.1) is 5.56 Å². The molecule has 2 rings (SSSR count). The number of pyridine rings is 1. The summed E-state index contributed by atoms with van der Waals surface area (Å²) in [5.74, 6) is -1.19. The van der Waals surface area contributed by atoms with Crippen LogP contribution in [-0.4, -0.2) is 28.4 Å².